The second kappa shape index (κ2) is 9.60. The Morgan fingerprint density at radius 1 is 1.24 bits per heavy atom. The molecule has 3 aromatic rings. The van der Waals surface area contributed by atoms with Gasteiger partial charge in [0.25, 0.3) is 11.5 Å². The molecule has 1 fully saturated rings. The van der Waals surface area contributed by atoms with E-state index in [0.29, 0.717) is 39.3 Å². The molecule has 1 saturated heterocycles. The van der Waals surface area contributed by atoms with Crippen LogP contribution in [-0.4, -0.2) is 38.2 Å². The molecule has 0 aliphatic carbocycles. The van der Waals surface area contributed by atoms with E-state index in [9.17, 15) is 9.59 Å². The molecule has 33 heavy (non-hydrogen) atoms. The second-order valence-corrected chi connectivity index (χ2v) is 9.03. The van der Waals surface area contributed by atoms with Gasteiger partial charge in [0.15, 0.2) is 0 Å². The lowest BCUT2D eigenvalue weighted by Crippen LogP contribution is -2.27. The summed E-state index contributed by atoms with van der Waals surface area (Å²) in [6.45, 7) is 6.37. The number of carbonyl (C=O) groups is 1. The number of anilines is 1. The summed E-state index contributed by atoms with van der Waals surface area (Å²) in [6, 6.07) is 11.1. The van der Waals surface area contributed by atoms with Gasteiger partial charge in [0.05, 0.1) is 24.1 Å². The lowest BCUT2D eigenvalue weighted by atomic mass is 10.2. The predicted molar refractivity (Wildman–Crippen MR) is 137 cm³/mol. The van der Waals surface area contributed by atoms with Crippen molar-refractivity contribution in [1.29, 1.82) is 0 Å². The Hall–Kier alpha value is -3.43. The van der Waals surface area contributed by atoms with Crippen molar-refractivity contribution in [2.75, 3.05) is 19.0 Å². The average molecular weight is 479 g/mol. The van der Waals surface area contributed by atoms with Gasteiger partial charge in [-0.2, -0.15) is 0 Å². The highest BCUT2D eigenvalue weighted by Crippen LogP contribution is 2.34. The molecule has 0 unspecified atom stereocenters. The zero-order valence-electron chi connectivity index (χ0n) is 18.2. The summed E-state index contributed by atoms with van der Waals surface area (Å²) in [5.41, 5.74) is 2.37. The van der Waals surface area contributed by atoms with E-state index in [1.807, 2.05) is 37.3 Å². The van der Waals surface area contributed by atoms with Gasteiger partial charge in [-0.1, -0.05) is 48.3 Å². The number of ether oxygens (including phenoxy) is 1. The Morgan fingerprint density at radius 2 is 2.00 bits per heavy atom. The number of carbonyl (C=O) groups excluding carboxylic acids is 1. The van der Waals surface area contributed by atoms with Gasteiger partial charge in [0.2, 0.25) is 0 Å². The minimum absolute atomic E-state index is 0.246. The van der Waals surface area contributed by atoms with Gasteiger partial charge >= 0.3 is 0 Å². The molecule has 1 aromatic carbocycles. The van der Waals surface area contributed by atoms with E-state index < -0.39 is 0 Å². The fourth-order valence-electron chi connectivity index (χ4n) is 3.43. The Balaban J connectivity index is 1.71. The number of nitrogens with zero attached hydrogens (tertiary/aromatic N) is 3. The van der Waals surface area contributed by atoms with E-state index in [4.69, 9.17) is 17.0 Å². The van der Waals surface area contributed by atoms with Gasteiger partial charge in [0, 0.05) is 12.7 Å². The summed E-state index contributed by atoms with van der Waals surface area (Å²) in [7, 11) is 1.60. The molecule has 9 heteroatoms. The fraction of sp³-hybridized carbons (Fsp3) is 0.167. The number of aromatic nitrogens is 2. The number of aryl methyl sites for hydroxylation is 1. The van der Waals surface area contributed by atoms with E-state index in [1.165, 1.54) is 21.1 Å². The van der Waals surface area contributed by atoms with Crippen molar-refractivity contribution in [3.63, 3.8) is 0 Å². The van der Waals surface area contributed by atoms with Crippen LogP contribution in [0, 0.1) is 6.92 Å². The van der Waals surface area contributed by atoms with Crippen LogP contribution in [0.25, 0.3) is 11.7 Å². The van der Waals surface area contributed by atoms with Crippen molar-refractivity contribution in [1.82, 2.24) is 14.3 Å². The van der Waals surface area contributed by atoms with Gasteiger partial charge in [-0.25, -0.2) is 4.98 Å². The van der Waals surface area contributed by atoms with Crippen LogP contribution in [0.2, 0.25) is 0 Å². The van der Waals surface area contributed by atoms with E-state index >= 15 is 0 Å². The van der Waals surface area contributed by atoms with Crippen LogP contribution in [-0.2, 0) is 11.3 Å². The largest absolute Gasteiger partial charge is 0.497 e. The monoisotopic (exact) mass is 478 g/mol. The molecule has 7 nitrogen and oxygen atoms in total. The molecule has 1 aliphatic heterocycles. The third kappa shape index (κ3) is 4.55. The number of pyridine rings is 1. The number of hydrogen-bond donors (Lipinski definition) is 1. The van der Waals surface area contributed by atoms with E-state index in [2.05, 4.69) is 16.9 Å². The number of benzene rings is 1. The van der Waals surface area contributed by atoms with Crippen molar-refractivity contribution in [3.05, 3.63) is 87.2 Å². The molecular formula is C24H22N4O3S2. The number of thioether (sulfide) groups is 1. The summed E-state index contributed by atoms with van der Waals surface area (Å²) in [4.78, 5) is 33.0. The molecule has 0 atom stereocenters. The normalized spacial score (nSPS) is 14.8. The first kappa shape index (κ1) is 22.8. The van der Waals surface area contributed by atoms with Gasteiger partial charge in [-0.3, -0.25) is 18.9 Å². The number of methoxy groups -OCH3 is 1. The number of amides is 1. The van der Waals surface area contributed by atoms with E-state index in [1.54, 1.807) is 31.5 Å². The number of rotatable bonds is 7. The zero-order valence-corrected chi connectivity index (χ0v) is 19.8. The molecule has 1 N–H and O–H groups in total. The highest BCUT2D eigenvalue weighted by molar-refractivity contribution is 8.26. The van der Waals surface area contributed by atoms with Crippen molar-refractivity contribution < 1.29 is 9.53 Å². The first-order valence-electron chi connectivity index (χ1n) is 10.2. The third-order valence-corrected chi connectivity index (χ3v) is 6.52. The van der Waals surface area contributed by atoms with Gasteiger partial charge in [0.1, 0.15) is 21.5 Å². The van der Waals surface area contributed by atoms with Gasteiger partial charge < -0.3 is 10.1 Å². The summed E-state index contributed by atoms with van der Waals surface area (Å²) >= 11 is 6.64. The minimum atomic E-state index is -0.268. The second-order valence-electron chi connectivity index (χ2n) is 7.35. The van der Waals surface area contributed by atoms with Crippen LogP contribution >= 0.6 is 24.0 Å². The maximum Gasteiger partial charge on any atom is 0.267 e. The lowest BCUT2D eigenvalue weighted by Gasteiger charge is -2.14. The van der Waals surface area contributed by atoms with Crippen LogP contribution < -0.4 is 15.6 Å². The van der Waals surface area contributed by atoms with Crippen LogP contribution in [0.4, 0.5) is 5.82 Å². The summed E-state index contributed by atoms with van der Waals surface area (Å²) in [5, 5.41) is 3.12. The molecular weight excluding hydrogens is 456 g/mol. The first-order valence-corrected chi connectivity index (χ1v) is 11.4. The summed E-state index contributed by atoms with van der Waals surface area (Å²) in [6.07, 6.45) is 4.92. The van der Waals surface area contributed by atoms with Crippen molar-refractivity contribution in [2.24, 2.45) is 0 Å². The molecule has 1 aliphatic rings. The minimum Gasteiger partial charge on any atom is -0.497 e. The Bertz CT molecular complexity index is 1350. The Kier molecular flexibility index (Phi) is 6.62. The molecule has 168 valence electrons. The van der Waals surface area contributed by atoms with Crippen LogP contribution in [0.5, 0.6) is 5.75 Å². The molecule has 3 heterocycles. The number of fused-ring (bicyclic) bond motifs is 1. The van der Waals surface area contributed by atoms with Gasteiger partial charge in [-0.15, -0.1) is 6.58 Å². The third-order valence-electron chi connectivity index (χ3n) is 5.15. The molecule has 1 amide bonds. The summed E-state index contributed by atoms with van der Waals surface area (Å²) in [5.74, 6) is 0.891. The number of nitrogens with one attached hydrogen (secondary N) is 1. The summed E-state index contributed by atoms with van der Waals surface area (Å²) < 4.78 is 7.11. The fourth-order valence-corrected chi connectivity index (χ4v) is 4.66. The van der Waals surface area contributed by atoms with Gasteiger partial charge in [-0.05, 0) is 42.3 Å². The Morgan fingerprint density at radius 3 is 2.70 bits per heavy atom. The number of thiocarbonyl (C=S) groups is 1. The molecule has 0 radical (unpaired) electrons. The van der Waals surface area contributed by atoms with Crippen LogP contribution in [0.1, 0.15) is 16.7 Å². The smallest absolute Gasteiger partial charge is 0.267 e. The maximum atomic E-state index is 13.3. The van der Waals surface area contributed by atoms with Crippen molar-refractivity contribution in [2.45, 2.75) is 13.5 Å². The van der Waals surface area contributed by atoms with Crippen molar-refractivity contribution in [3.8, 4) is 5.75 Å². The average Bonchev–Trinajstić information content (AvgIpc) is 3.08. The quantitative estimate of drug-likeness (QED) is 0.312. The highest BCUT2D eigenvalue weighted by atomic mass is 32.2. The SMILES string of the molecule is C=CCNc1nc2c(C)cccn2c(=O)c1C=C1SC(=S)N(Cc2ccc(OC)cc2)C1=O. The first-order chi connectivity index (χ1) is 15.9. The predicted octanol–water partition coefficient (Wildman–Crippen LogP) is 4.01. The molecule has 2 aromatic heterocycles. The highest BCUT2D eigenvalue weighted by Gasteiger charge is 2.32. The Labute approximate surface area is 200 Å². The molecule has 0 saturated carbocycles. The van der Waals surface area contributed by atoms with E-state index in [-0.39, 0.29) is 11.5 Å². The van der Waals surface area contributed by atoms with Crippen LogP contribution in [0.15, 0.2) is 64.9 Å². The van der Waals surface area contributed by atoms with Crippen LogP contribution in [0.3, 0.4) is 0 Å². The number of hydrogen-bond acceptors (Lipinski definition) is 7. The topological polar surface area (TPSA) is 75.9 Å². The maximum absolute atomic E-state index is 13.3. The molecule has 4 rings (SSSR count). The van der Waals surface area contributed by atoms with Crippen molar-refractivity contribution >= 4 is 51.7 Å². The lowest BCUT2D eigenvalue weighted by molar-refractivity contribution is -0.122. The standard InChI is InChI=1S/C24H22N4O3S2/c1-4-11-25-20-18(22(29)27-12-5-6-15(2)21(27)26-20)13-19-23(30)28(24(32)33-19)14-16-7-9-17(31-3)10-8-16/h4-10,12-13,25H,1,11,14H2,2-3H3. The molecule has 0 bridgehead atoms. The zero-order chi connectivity index (χ0) is 23.5. The molecule has 0 spiro atoms. The van der Waals surface area contributed by atoms with E-state index in [0.717, 1.165) is 16.9 Å².